The quantitative estimate of drug-likeness (QED) is 0.852. The number of ketones is 2. The average Bonchev–Trinajstić information content (AvgIpc) is 2.42. The molecule has 0 aliphatic carbocycles. The molecule has 0 unspecified atom stereocenters. The van der Waals surface area contributed by atoms with E-state index in [2.05, 4.69) is 0 Å². The molecule has 1 rings (SSSR count). The Labute approximate surface area is 115 Å². The lowest BCUT2D eigenvalue weighted by atomic mass is 10.0. The van der Waals surface area contributed by atoms with Gasteiger partial charge in [0.05, 0.1) is 0 Å². The molecule has 0 heterocycles. The summed E-state index contributed by atoms with van der Waals surface area (Å²) in [6.07, 6.45) is 0. The summed E-state index contributed by atoms with van der Waals surface area (Å²) >= 11 is 0. The van der Waals surface area contributed by atoms with Gasteiger partial charge in [0.2, 0.25) is 5.91 Å². The summed E-state index contributed by atoms with van der Waals surface area (Å²) in [5.41, 5.74) is 5.90. The van der Waals surface area contributed by atoms with Gasteiger partial charge in [-0.3, -0.25) is 14.4 Å². The normalized spacial score (nSPS) is 8.32. The minimum absolute atomic E-state index is 0.174. The number of primary amides is 1. The van der Waals surface area contributed by atoms with Crippen molar-refractivity contribution in [1.29, 1.82) is 0 Å². The van der Waals surface area contributed by atoms with Crippen molar-refractivity contribution in [1.82, 2.24) is 0 Å². The molecule has 1 aromatic rings. The van der Waals surface area contributed by atoms with E-state index in [-0.39, 0.29) is 17.1 Å². The van der Waals surface area contributed by atoms with Gasteiger partial charge in [-0.1, -0.05) is 27.7 Å². The standard InChI is InChI=1S/C11H11NO3.2C2H6/c1-6(13)8-3-9(7(2)14)5-10(4-8)11(12)15;2*1-2/h3-5H,1-2H3,(H2,12,15);2*1-2H3. The smallest absolute Gasteiger partial charge is 0.248 e. The molecule has 0 aliphatic heterocycles. The first kappa shape index (κ1) is 19.4. The van der Waals surface area contributed by atoms with E-state index in [0.717, 1.165) is 0 Å². The van der Waals surface area contributed by atoms with Crippen molar-refractivity contribution in [3.8, 4) is 0 Å². The Balaban J connectivity index is 0. The number of carbonyl (C=O) groups is 3. The third-order valence-electron chi connectivity index (χ3n) is 2.03. The van der Waals surface area contributed by atoms with E-state index in [1.54, 1.807) is 0 Å². The zero-order valence-electron chi connectivity index (χ0n) is 12.5. The van der Waals surface area contributed by atoms with E-state index >= 15 is 0 Å². The number of rotatable bonds is 3. The summed E-state index contributed by atoms with van der Waals surface area (Å²) in [6.45, 7) is 10.7. The molecule has 0 radical (unpaired) electrons. The summed E-state index contributed by atoms with van der Waals surface area (Å²) in [5.74, 6) is -1.07. The van der Waals surface area contributed by atoms with Crippen molar-refractivity contribution in [2.75, 3.05) is 0 Å². The van der Waals surface area contributed by atoms with E-state index in [4.69, 9.17) is 5.73 Å². The molecule has 0 aromatic heterocycles. The molecule has 19 heavy (non-hydrogen) atoms. The third-order valence-corrected chi connectivity index (χ3v) is 2.03. The highest BCUT2D eigenvalue weighted by Gasteiger charge is 2.10. The van der Waals surface area contributed by atoms with Gasteiger partial charge < -0.3 is 5.73 Å². The van der Waals surface area contributed by atoms with E-state index in [9.17, 15) is 14.4 Å². The second-order valence-electron chi connectivity index (χ2n) is 3.28. The lowest BCUT2D eigenvalue weighted by Crippen LogP contribution is -2.13. The van der Waals surface area contributed by atoms with Gasteiger partial charge in [-0.25, -0.2) is 0 Å². The predicted octanol–water partition coefficient (Wildman–Crippen LogP) is 3.24. The third kappa shape index (κ3) is 6.50. The second-order valence-corrected chi connectivity index (χ2v) is 3.28. The van der Waals surface area contributed by atoms with Crippen molar-refractivity contribution >= 4 is 17.5 Å². The van der Waals surface area contributed by atoms with Crippen LogP contribution in [0, 0.1) is 0 Å². The van der Waals surface area contributed by atoms with Gasteiger partial charge in [-0.05, 0) is 32.0 Å². The molecule has 0 spiro atoms. The summed E-state index contributed by atoms with van der Waals surface area (Å²) in [6, 6.07) is 4.23. The summed E-state index contributed by atoms with van der Waals surface area (Å²) in [7, 11) is 0. The number of nitrogens with two attached hydrogens (primary N) is 1. The first-order valence-electron chi connectivity index (χ1n) is 6.38. The van der Waals surface area contributed by atoms with Gasteiger partial charge in [0, 0.05) is 16.7 Å². The van der Waals surface area contributed by atoms with E-state index in [1.165, 1.54) is 32.0 Å². The molecule has 1 amide bonds. The largest absolute Gasteiger partial charge is 0.366 e. The molecule has 0 saturated carbocycles. The SMILES string of the molecule is CC.CC.CC(=O)c1cc(C(C)=O)cc(C(N)=O)c1. The molecule has 0 saturated heterocycles. The molecule has 4 nitrogen and oxygen atoms in total. The molecular formula is C15H23NO3. The molecule has 1 aromatic carbocycles. The number of amides is 1. The van der Waals surface area contributed by atoms with Crippen molar-refractivity contribution in [3.05, 3.63) is 34.9 Å². The molecule has 0 fully saturated rings. The Morgan fingerprint density at radius 2 is 1.00 bits per heavy atom. The first-order valence-corrected chi connectivity index (χ1v) is 6.38. The van der Waals surface area contributed by atoms with Crippen LogP contribution in [-0.2, 0) is 0 Å². The lowest BCUT2D eigenvalue weighted by molar-refractivity contribution is 0.1000. The van der Waals surface area contributed by atoms with E-state index in [0.29, 0.717) is 11.1 Å². The molecule has 2 N–H and O–H groups in total. The van der Waals surface area contributed by atoms with Gasteiger partial charge in [0.25, 0.3) is 0 Å². The van der Waals surface area contributed by atoms with E-state index < -0.39 is 5.91 Å². The summed E-state index contributed by atoms with van der Waals surface area (Å²) in [4.78, 5) is 33.2. The van der Waals surface area contributed by atoms with Gasteiger partial charge in [-0.15, -0.1) is 0 Å². The number of Topliss-reactive ketones (excluding diaryl/α,β-unsaturated/α-hetero) is 2. The minimum Gasteiger partial charge on any atom is -0.366 e. The van der Waals surface area contributed by atoms with Crippen molar-refractivity contribution in [3.63, 3.8) is 0 Å². The predicted molar refractivity (Wildman–Crippen MR) is 77.7 cm³/mol. The fourth-order valence-corrected chi connectivity index (χ4v) is 1.18. The summed E-state index contributed by atoms with van der Waals surface area (Å²) < 4.78 is 0. The molecule has 0 bridgehead atoms. The Morgan fingerprint density at radius 3 is 1.21 bits per heavy atom. The van der Waals surface area contributed by atoms with Crippen LogP contribution in [0.1, 0.15) is 72.6 Å². The highest BCUT2D eigenvalue weighted by molar-refractivity contribution is 6.04. The topological polar surface area (TPSA) is 77.2 Å². The number of benzene rings is 1. The maximum absolute atomic E-state index is 11.1. The Morgan fingerprint density at radius 1 is 0.737 bits per heavy atom. The van der Waals surface area contributed by atoms with Gasteiger partial charge in [0.1, 0.15) is 0 Å². The molecular weight excluding hydrogens is 242 g/mol. The zero-order valence-corrected chi connectivity index (χ0v) is 12.5. The number of hydrogen-bond donors (Lipinski definition) is 1. The molecule has 0 atom stereocenters. The molecule has 0 aliphatic rings. The monoisotopic (exact) mass is 265 g/mol. The maximum Gasteiger partial charge on any atom is 0.248 e. The van der Waals surface area contributed by atoms with Gasteiger partial charge >= 0.3 is 0 Å². The number of carbonyl (C=O) groups excluding carboxylic acids is 3. The fourth-order valence-electron chi connectivity index (χ4n) is 1.18. The second kappa shape index (κ2) is 10.00. The minimum atomic E-state index is -0.652. The Bertz CT molecular complexity index is 372. The van der Waals surface area contributed by atoms with Crippen LogP contribution in [0.2, 0.25) is 0 Å². The van der Waals surface area contributed by atoms with Crippen LogP contribution in [0.4, 0.5) is 0 Å². The van der Waals surface area contributed by atoms with Crippen LogP contribution in [-0.4, -0.2) is 17.5 Å². The van der Waals surface area contributed by atoms with Crippen LogP contribution in [0.5, 0.6) is 0 Å². The highest BCUT2D eigenvalue weighted by Crippen LogP contribution is 2.11. The highest BCUT2D eigenvalue weighted by atomic mass is 16.1. The molecule has 4 heteroatoms. The average molecular weight is 265 g/mol. The maximum atomic E-state index is 11.1. The van der Waals surface area contributed by atoms with Gasteiger partial charge in [0.15, 0.2) is 11.6 Å². The van der Waals surface area contributed by atoms with Crippen molar-refractivity contribution in [2.24, 2.45) is 5.73 Å². The Kier molecular flexibility index (Phi) is 10.2. The van der Waals surface area contributed by atoms with Crippen LogP contribution >= 0.6 is 0 Å². The van der Waals surface area contributed by atoms with Crippen LogP contribution in [0.15, 0.2) is 18.2 Å². The van der Waals surface area contributed by atoms with Crippen LogP contribution in [0.3, 0.4) is 0 Å². The Hall–Kier alpha value is -1.97. The first-order chi connectivity index (χ1) is 8.91. The summed E-state index contributed by atoms with van der Waals surface area (Å²) in [5, 5.41) is 0. The molecule has 106 valence electrons. The zero-order chi connectivity index (χ0) is 15.6. The van der Waals surface area contributed by atoms with Crippen LogP contribution < -0.4 is 5.73 Å². The van der Waals surface area contributed by atoms with E-state index in [1.807, 2.05) is 27.7 Å². The van der Waals surface area contributed by atoms with Crippen molar-refractivity contribution < 1.29 is 14.4 Å². The fraction of sp³-hybridized carbons (Fsp3) is 0.400. The van der Waals surface area contributed by atoms with Gasteiger partial charge in [-0.2, -0.15) is 0 Å². The lowest BCUT2D eigenvalue weighted by Gasteiger charge is -2.03. The van der Waals surface area contributed by atoms with Crippen LogP contribution in [0.25, 0.3) is 0 Å². The van der Waals surface area contributed by atoms with Crippen molar-refractivity contribution in [2.45, 2.75) is 41.5 Å². The number of hydrogen-bond acceptors (Lipinski definition) is 3.